The van der Waals surface area contributed by atoms with E-state index in [1.165, 1.54) is 0 Å². The summed E-state index contributed by atoms with van der Waals surface area (Å²) in [7, 11) is 0. The number of ether oxygens (including phenoxy) is 1. The summed E-state index contributed by atoms with van der Waals surface area (Å²) in [5.74, 6) is 0.676. The van der Waals surface area contributed by atoms with Crippen LogP contribution in [-0.4, -0.2) is 5.11 Å². The minimum Gasteiger partial charge on any atom is -0.505 e. The van der Waals surface area contributed by atoms with Crippen LogP contribution in [0.15, 0.2) is 65.1 Å². The third-order valence-electron chi connectivity index (χ3n) is 3.75. The van der Waals surface area contributed by atoms with Crippen LogP contribution in [0.4, 0.5) is 5.69 Å². The quantitative estimate of drug-likeness (QED) is 0.411. The number of hydrogen-bond donors (Lipinski definition) is 2. The largest absolute Gasteiger partial charge is 0.505 e. The Morgan fingerprint density at radius 3 is 2.27 bits per heavy atom. The Morgan fingerprint density at radius 2 is 1.62 bits per heavy atom. The van der Waals surface area contributed by atoms with Crippen LogP contribution in [0.1, 0.15) is 11.1 Å². The van der Waals surface area contributed by atoms with Crippen molar-refractivity contribution in [2.75, 3.05) is 5.32 Å². The van der Waals surface area contributed by atoms with Gasteiger partial charge in [0.25, 0.3) is 0 Å². The van der Waals surface area contributed by atoms with Crippen molar-refractivity contribution < 1.29 is 9.84 Å². The maximum absolute atomic E-state index is 9.60. The highest BCUT2D eigenvalue weighted by Gasteiger charge is 2.07. The number of anilines is 1. The van der Waals surface area contributed by atoms with Crippen molar-refractivity contribution in [3.63, 3.8) is 0 Å². The summed E-state index contributed by atoms with van der Waals surface area (Å²) in [5, 5.41) is 13.3. The van der Waals surface area contributed by atoms with Crippen LogP contribution < -0.4 is 10.1 Å². The van der Waals surface area contributed by atoms with Crippen molar-refractivity contribution in [3.05, 3.63) is 86.3 Å². The third-order valence-corrected chi connectivity index (χ3v) is 4.94. The van der Waals surface area contributed by atoms with Gasteiger partial charge in [-0.25, -0.2) is 0 Å². The van der Waals surface area contributed by atoms with Gasteiger partial charge in [-0.05, 0) is 51.3 Å². The molecule has 0 fully saturated rings. The number of phenols is 1. The van der Waals surface area contributed by atoms with Crippen LogP contribution in [0, 0.1) is 0 Å². The Kier molecular flexibility index (Phi) is 6.30. The fourth-order valence-electron chi connectivity index (χ4n) is 2.38. The second-order valence-corrected chi connectivity index (χ2v) is 7.35. The van der Waals surface area contributed by atoms with Gasteiger partial charge in [0.1, 0.15) is 12.4 Å². The van der Waals surface area contributed by atoms with Gasteiger partial charge in [0.15, 0.2) is 5.75 Å². The number of hydrogen-bond acceptors (Lipinski definition) is 3. The predicted molar refractivity (Wildman–Crippen MR) is 110 cm³/mol. The van der Waals surface area contributed by atoms with Crippen molar-refractivity contribution in [3.8, 4) is 11.5 Å². The first-order valence-corrected chi connectivity index (χ1v) is 9.45. The van der Waals surface area contributed by atoms with Gasteiger partial charge in [-0.1, -0.05) is 59.6 Å². The molecule has 0 saturated carbocycles. The molecular formula is C20H16BrCl2NO2. The fraction of sp³-hybridized carbons (Fsp3) is 0.100. The average Bonchev–Trinajstić information content (AvgIpc) is 2.64. The number of rotatable bonds is 6. The first-order valence-electron chi connectivity index (χ1n) is 7.90. The molecule has 0 unspecified atom stereocenters. The maximum Gasteiger partial charge on any atom is 0.152 e. The molecule has 0 atom stereocenters. The molecule has 0 bridgehead atoms. The first-order chi connectivity index (χ1) is 12.5. The lowest BCUT2D eigenvalue weighted by Crippen LogP contribution is -2.01. The van der Waals surface area contributed by atoms with E-state index in [4.69, 9.17) is 27.9 Å². The molecule has 0 saturated heterocycles. The van der Waals surface area contributed by atoms with Crippen molar-refractivity contribution in [2.45, 2.75) is 13.2 Å². The van der Waals surface area contributed by atoms with Crippen molar-refractivity contribution in [1.29, 1.82) is 0 Å². The van der Waals surface area contributed by atoms with E-state index in [1.807, 2.05) is 48.5 Å². The Bertz CT molecular complexity index is 881. The molecule has 0 radical (unpaired) electrons. The minimum absolute atomic E-state index is 0.110. The molecule has 0 amide bonds. The fourth-order valence-corrected chi connectivity index (χ4v) is 3.41. The molecule has 3 nitrogen and oxygen atoms in total. The Balaban J connectivity index is 1.62. The molecule has 0 aliphatic rings. The van der Waals surface area contributed by atoms with Crippen LogP contribution in [0.5, 0.6) is 11.5 Å². The zero-order chi connectivity index (χ0) is 18.5. The standard InChI is InChI=1S/C20H16BrCl2NO2/c21-16-8-14(11-24-15-9-17(22)20(25)18(23)10-15)6-7-19(16)26-12-13-4-2-1-3-5-13/h1-10,24-25H,11-12H2. The van der Waals surface area contributed by atoms with Crippen LogP contribution in [0.2, 0.25) is 10.0 Å². The molecule has 0 aliphatic carbocycles. The van der Waals surface area contributed by atoms with Gasteiger partial charge in [0, 0.05) is 12.2 Å². The topological polar surface area (TPSA) is 41.5 Å². The van der Waals surface area contributed by atoms with E-state index < -0.39 is 0 Å². The summed E-state index contributed by atoms with van der Waals surface area (Å²) in [4.78, 5) is 0. The third kappa shape index (κ3) is 4.85. The number of halogens is 3. The van der Waals surface area contributed by atoms with Gasteiger partial charge >= 0.3 is 0 Å². The summed E-state index contributed by atoms with van der Waals surface area (Å²) in [6.45, 7) is 1.09. The molecule has 6 heteroatoms. The summed E-state index contributed by atoms with van der Waals surface area (Å²) >= 11 is 15.4. The summed E-state index contributed by atoms with van der Waals surface area (Å²) in [6, 6.07) is 19.2. The second-order valence-electron chi connectivity index (χ2n) is 5.68. The first kappa shape index (κ1) is 18.9. The van der Waals surface area contributed by atoms with Gasteiger partial charge in [-0.3, -0.25) is 0 Å². The minimum atomic E-state index is -0.110. The highest BCUT2D eigenvalue weighted by Crippen LogP contribution is 2.35. The van der Waals surface area contributed by atoms with Crippen molar-refractivity contribution in [1.82, 2.24) is 0 Å². The zero-order valence-electron chi connectivity index (χ0n) is 13.7. The van der Waals surface area contributed by atoms with Crippen LogP contribution >= 0.6 is 39.1 Å². The lowest BCUT2D eigenvalue weighted by Gasteiger charge is -2.12. The molecule has 0 spiro atoms. The van der Waals surface area contributed by atoms with Gasteiger partial charge < -0.3 is 15.2 Å². The Labute approximate surface area is 170 Å². The lowest BCUT2D eigenvalue weighted by atomic mass is 10.2. The van der Waals surface area contributed by atoms with Crippen molar-refractivity contribution >= 4 is 44.8 Å². The highest BCUT2D eigenvalue weighted by molar-refractivity contribution is 9.10. The normalized spacial score (nSPS) is 10.6. The van der Waals surface area contributed by atoms with Gasteiger partial charge in [0.2, 0.25) is 0 Å². The number of aromatic hydroxyl groups is 1. The van der Waals surface area contributed by atoms with Gasteiger partial charge in [0.05, 0.1) is 14.5 Å². The molecular weight excluding hydrogens is 437 g/mol. The SMILES string of the molecule is Oc1c(Cl)cc(NCc2ccc(OCc3ccccc3)c(Br)c2)cc1Cl. The van der Waals surface area contributed by atoms with Gasteiger partial charge in [-0.2, -0.15) is 0 Å². The number of nitrogens with one attached hydrogen (secondary N) is 1. The lowest BCUT2D eigenvalue weighted by molar-refractivity contribution is 0.304. The van der Waals surface area contributed by atoms with E-state index in [2.05, 4.69) is 21.2 Å². The molecule has 134 valence electrons. The Hall–Kier alpha value is -1.88. The van der Waals surface area contributed by atoms with E-state index >= 15 is 0 Å². The smallest absolute Gasteiger partial charge is 0.152 e. The number of benzene rings is 3. The van der Waals surface area contributed by atoms with E-state index in [1.54, 1.807) is 12.1 Å². The van der Waals surface area contributed by atoms with Crippen molar-refractivity contribution in [2.24, 2.45) is 0 Å². The molecule has 3 rings (SSSR count). The molecule has 3 aromatic carbocycles. The van der Waals surface area contributed by atoms with E-state index in [-0.39, 0.29) is 15.8 Å². The Morgan fingerprint density at radius 1 is 0.923 bits per heavy atom. The summed E-state index contributed by atoms with van der Waals surface area (Å²) in [5.41, 5.74) is 2.91. The van der Waals surface area contributed by atoms with Crippen LogP contribution in [0.3, 0.4) is 0 Å². The van der Waals surface area contributed by atoms with Crippen LogP contribution in [0.25, 0.3) is 0 Å². The van der Waals surface area contributed by atoms with Crippen LogP contribution in [-0.2, 0) is 13.2 Å². The number of phenolic OH excluding ortho intramolecular Hbond substituents is 1. The molecule has 3 aromatic rings. The molecule has 0 aliphatic heterocycles. The average molecular weight is 453 g/mol. The molecule has 26 heavy (non-hydrogen) atoms. The molecule has 2 N–H and O–H groups in total. The predicted octanol–water partition coefficient (Wildman–Crippen LogP) is 6.65. The van der Waals surface area contributed by atoms with Gasteiger partial charge in [-0.15, -0.1) is 0 Å². The second kappa shape index (κ2) is 8.67. The zero-order valence-corrected chi connectivity index (χ0v) is 16.8. The summed E-state index contributed by atoms with van der Waals surface area (Å²) in [6.07, 6.45) is 0. The maximum atomic E-state index is 9.60. The molecule has 0 aromatic heterocycles. The summed E-state index contributed by atoms with van der Waals surface area (Å²) < 4.78 is 6.74. The van der Waals surface area contributed by atoms with E-state index in [9.17, 15) is 5.11 Å². The van der Waals surface area contributed by atoms with E-state index in [0.717, 1.165) is 27.0 Å². The monoisotopic (exact) mass is 451 g/mol. The highest BCUT2D eigenvalue weighted by atomic mass is 79.9. The molecule has 0 heterocycles. The van der Waals surface area contributed by atoms with E-state index in [0.29, 0.717) is 13.2 Å².